The van der Waals surface area contributed by atoms with Crippen LogP contribution in [0.5, 0.6) is 0 Å². The SMILES string of the molecule is C[C@@H](CCC(N)=O)C(=O)NCc1cccc(C#CCCCC(=O)O)c1. The molecule has 0 aliphatic carbocycles. The Bertz CT molecular complexity index is 673. The first-order valence-electron chi connectivity index (χ1n) is 8.24. The van der Waals surface area contributed by atoms with E-state index in [1.165, 1.54) is 0 Å². The van der Waals surface area contributed by atoms with Crippen LogP contribution in [0.3, 0.4) is 0 Å². The molecule has 25 heavy (non-hydrogen) atoms. The first kappa shape index (κ1) is 20.2. The van der Waals surface area contributed by atoms with Crippen molar-refractivity contribution in [1.29, 1.82) is 0 Å². The highest BCUT2D eigenvalue weighted by atomic mass is 16.4. The monoisotopic (exact) mass is 344 g/mol. The summed E-state index contributed by atoms with van der Waals surface area (Å²) in [5.41, 5.74) is 6.83. The van der Waals surface area contributed by atoms with Gasteiger partial charge < -0.3 is 16.2 Å². The quantitative estimate of drug-likeness (QED) is 0.469. The number of primary amides is 1. The maximum atomic E-state index is 12.0. The van der Waals surface area contributed by atoms with Gasteiger partial charge in [0.15, 0.2) is 0 Å². The maximum absolute atomic E-state index is 12.0. The van der Waals surface area contributed by atoms with Gasteiger partial charge in [-0.2, -0.15) is 0 Å². The van der Waals surface area contributed by atoms with Gasteiger partial charge in [0.2, 0.25) is 11.8 Å². The van der Waals surface area contributed by atoms with Gasteiger partial charge in [-0.25, -0.2) is 0 Å². The van der Waals surface area contributed by atoms with Gasteiger partial charge in [0.1, 0.15) is 0 Å². The topological polar surface area (TPSA) is 109 Å². The van der Waals surface area contributed by atoms with Crippen LogP contribution in [0.15, 0.2) is 24.3 Å². The van der Waals surface area contributed by atoms with Crippen molar-refractivity contribution in [3.8, 4) is 11.8 Å². The molecule has 0 aliphatic heterocycles. The fourth-order valence-electron chi connectivity index (χ4n) is 2.10. The van der Waals surface area contributed by atoms with Crippen LogP contribution >= 0.6 is 0 Å². The number of carboxylic acids is 1. The van der Waals surface area contributed by atoms with Gasteiger partial charge in [0, 0.05) is 37.3 Å². The van der Waals surface area contributed by atoms with Crippen molar-refractivity contribution in [1.82, 2.24) is 5.32 Å². The number of aliphatic carboxylic acids is 1. The predicted molar refractivity (Wildman–Crippen MR) is 94.2 cm³/mol. The van der Waals surface area contributed by atoms with Crippen LogP contribution in [0.2, 0.25) is 0 Å². The lowest BCUT2D eigenvalue weighted by Gasteiger charge is -2.11. The van der Waals surface area contributed by atoms with Crippen LogP contribution in [0.4, 0.5) is 0 Å². The molecular weight excluding hydrogens is 320 g/mol. The summed E-state index contributed by atoms with van der Waals surface area (Å²) in [6, 6.07) is 7.51. The maximum Gasteiger partial charge on any atom is 0.303 e. The Morgan fingerprint density at radius 1 is 1.28 bits per heavy atom. The lowest BCUT2D eigenvalue weighted by atomic mass is 10.0. The zero-order valence-corrected chi connectivity index (χ0v) is 14.4. The molecule has 6 heteroatoms. The first-order chi connectivity index (χ1) is 11.9. The van der Waals surface area contributed by atoms with Gasteiger partial charge in [0.25, 0.3) is 0 Å². The lowest BCUT2D eigenvalue weighted by Crippen LogP contribution is -2.29. The highest BCUT2D eigenvalue weighted by Crippen LogP contribution is 2.08. The molecular formula is C19H24N2O4. The molecule has 4 N–H and O–H groups in total. The Morgan fingerprint density at radius 3 is 2.72 bits per heavy atom. The highest BCUT2D eigenvalue weighted by molar-refractivity contribution is 5.79. The minimum Gasteiger partial charge on any atom is -0.481 e. The van der Waals surface area contributed by atoms with Crippen molar-refractivity contribution in [3.05, 3.63) is 35.4 Å². The molecule has 1 aromatic carbocycles. The van der Waals surface area contributed by atoms with E-state index in [2.05, 4.69) is 17.2 Å². The molecule has 0 aliphatic rings. The van der Waals surface area contributed by atoms with Crippen LogP contribution < -0.4 is 11.1 Å². The van der Waals surface area contributed by atoms with Gasteiger partial charge in [-0.1, -0.05) is 30.9 Å². The number of carboxylic acid groups (broad SMARTS) is 1. The van der Waals surface area contributed by atoms with E-state index in [0.717, 1.165) is 11.1 Å². The third-order valence-electron chi connectivity index (χ3n) is 3.59. The second-order valence-corrected chi connectivity index (χ2v) is 5.87. The number of carbonyl (C=O) groups is 3. The number of rotatable bonds is 9. The third kappa shape index (κ3) is 9.16. The van der Waals surface area contributed by atoms with E-state index >= 15 is 0 Å². The molecule has 0 saturated carbocycles. The van der Waals surface area contributed by atoms with E-state index in [1.807, 2.05) is 24.3 Å². The Hall–Kier alpha value is -2.81. The summed E-state index contributed by atoms with van der Waals surface area (Å²) in [5.74, 6) is 4.33. The van der Waals surface area contributed by atoms with Crippen molar-refractivity contribution in [2.75, 3.05) is 0 Å². The highest BCUT2D eigenvalue weighted by Gasteiger charge is 2.13. The average Bonchev–Trinajstić information content (AvgIpc) is 2.57. The zero-order valence-electron chi connectivity index (χ0n) is 14.4. The molecule has 1 atom stereocenters. The Kier molecular flexibility index (Phi) is 8.80. The van der Waals surface area contributed by atoms with Crippen molar-refractivity contribution < 1.29 is 19.5 Å². The second-order valence-electron chi connectivity index (χ2n) is 5.87. The molecule has 0 fully saturated rings. The predicted octanol–water partition coefficient (Wildman–Crippen LogP) is 1.81. The number of nitrogens with two attached hydrogens (primary N) is 1. The Balaban J connectivity index is 2.47. The minimum absolute atomic E-state index is 0.119. The van der Waals surface area contributed by atoms with E-state index in [4.69, 9.17) is 10.8 Å². The molecule has 1 aromatic rings. The van der Waals surface area contributed by atoms with Gasteiger partial charge in [-0.05, 0) is 30.5 Å². The molecule has 1 rings (SSSR count). The third-order valence-corrected chi connectivity index (χ3v) is 3.59. The summed E-state index contributed by atoms with van der Waals surface area (Å²) in [4.78, 5) is 33.1. The van der Waals surface area contributed by atoms with E-state index in [1.54, 1.807) is 6.92 Å². The largest absolute Gasteiger partial charge is 0.481 e. The molecule has 134 valence electrons. The van der Waals surface area contributed by atoms with Crippen molar-refractivity contribution in [2.24, 2.45) is 11.7 Å². The fourth-order valence-corrected chi connectivity index (χ4v) is 2.10. The fraction of sp³-hybridized carbons (Fsp3) is 0.421. The normalized spacial score (nSPS) is 11.1. The van der Waals surface area contributed by atoms with Gasteiger partial charge >= 0.3 is 5.97 Å². The smallest absolute Gasteiger partial charge is 0.303 e. The van der Waals surface area contributed by atoms with Crippen molar-refractivity contribution in [3.63, 3.8) is 0 Å². The molecule has 0 spiro atoms. The van der Waals surface area contributed by atoms with Crippen LogP contribution in [0.1, 0.15) is 50.2 Å². The summed E-state index contributed by atoms with van der Waals surface area (Å²) in [6.07, 6.45) is 1.81. The molecule has 0 saturated heterocycles. The molecule has 2 amide bonds. The molecule has 6 nitrogen and oxygen atoms in total. The summed E-state index contributed by atoms with van der Waals surface area (Å²) in [7, 11) is 0. The summed E-state index contributed by atoms with van der Waals surface area (Å²) in [5, 5.41) is 11.4. The number of amides is 2. The number of nitrogens with one attached hydrogen (secondary N) is 1. The van der Waals surface area contributed by atoms with Gasteiger partial charge in [0.05, 0.1) is 0 Å². The van der Waals surface area contributed by atoms with Crippen molar-refractivity contribution in [2.45, 2.75) is 45.6 Å². The number of hydrogen-bond acceptors (Lipinski definition) is 3. The average molecular weight is 344 g/mol. The molecule has 0 heterocycles. The zero-order chi connectivity index (χ0) is 18.7. The molecule has 0 unspecified atom stereocenters. The Labute approximate surface area is 147 Å². The lowest BCUT2D eigenvalue weighted by molar-refractivity contribution is -0.137. The Morgan fingerprint density at radius 2 is 2.04 bits per heavy atom. The van der Waals surface area contributed by atoms with Crippen LogP contribution in [0.25, 0.3) is 0 Å². The van der Waals surface area contributed by atoms with E-state index in [9.17, 15) is 14.4 Å². The van der Waals surface area contributed by atoms with Crippen LogP contribution in [-0.4, -0.2) is 22.9 Å². The first-order valence-corrected chi connectivity index (χ1v) is 8.24. The number of unbranched alkanes of at least 4 members (excludes halogenated alkanes) is 1. The number of hydrogen-bond donors (Lipinski definition) is 3. The summed E-state index contributed by atoms with van der Waals surface area (Å²) < 4.78 is 0. The van der Waals surface area contributed by atoms with Gasteiger partial charge in [-0.15, -0.1) is 0 Å². The van der Waals surface area contributed by atoms with Crippen molar-refractivity contribution >= 4 is 17.8 Å². The van der Waals surface area contributed by atoms with Gasteiger partial charge in [-0.3, -0.25) is 14.4 Å². The van der Waals surface area contributed by atoms with E-state index in [-0.39, 0.29) is 24.7 Å². The summed E-state index contributed by atoms with van der Waals surface area (Å²) >= 11 is 0. The summed E-state index contributed by atoms with van der Waals surface area (Å²) in [6.45, 7) is 2.14. The number of benzene rings is 1. The minimum atomic E-state index is -0.815. The standard InChI is InChI=1S/C19H24N2O4/c1-14(10-11-17(20)22)19(25)21-13-16-8-5-7-15(12-16)6-3-2-4-9-18(23)24/h5,7-8,12,14H,2,4,9-11,13H2,1H3,(H2,20,22)(H,21,25)(H,23,24)/t14-/m0/s1. The molecule has 0 radical (unpaired) electrons. The molecule has 0 aromatic heterocycles. The molecule has 0 bridgehead atoms. The van der Waals surface area contributed by atoms with E-state index < -0.39 is 11.9 Å². The van der Waals surface area contributed by atoms with E-state index in [0.29, 0.717) is 25.8 Å². The second kappa shape index (κ2) is 10.9. The van der Waals surface area contributed by atoms with Crippen LogP contribution in [-0.2, 0) is 20.9 Å². The van der Waals surface area contributed by atoms with Crippen LogP contribution in [0, 0.1) is 17.8 Å². The number of carbonyl (C=O) groups excluding carboxylic acids is 2.